The van der Waals surface area contributed by atoms with Crippen LogP contribution >= 0.6 is 0 Å². The number of hydrogen-bond donors (Lipinski definition) is 1. The summed E-state index contributed by atoms with van der Waals surface area (Å²) in [5, 5.41) is 12.1. The van der Waals surface area contributed by atoms with Crippen LogP contribution in [0, 0.1) is 0 Å². The zero-order valence-electron chi connectivity index (χ0n) is 20.5. The Labute approximate surface area is 213 Å². The SMILES string of the molecule is O=C(CC(c1ccccc1)c1ccccc1)Nc1cccc(-c2ccc(N3CCCCCC3)nn2)c1. The zero-order valence-corrected chi connectivity index (χ0v) is 20.5. The van der Waals surface area contributed by atoms with Gasteiger partial charge in [-0.15, -0.1) is 10.2 Å². The highest BCUT2D eigenvalue weighted by atomic mass is 16.1. The van der Waals surface area contributed by atoms with Gasteiger partial charge in [-0.25, -0.2) is 0 Å². The lowest BCUT2D eigenvalue weighted by Gasteiger charge is -2.20. The van der Waals surface area contributed by atoms with Gasteiger partial charge in [0.05, 0.1) is 5.69 Å². The normalized spacial score (nSPS) is 13.9. The number of amides is 1. The maximum Gasteiger partial charge on any atom is 0.225 e. The first-order valence-corrected chi connectivity index (χ1v) is 12.8. The largest absolute Gasteiger partial charge is 0.355 e. The third-order valence-electron chi connectivity index (χ3n) is 6.82. The molecule has 1 saturated heterocycles. The highest BCUT2D eigenvalue weighted by Crippen LogP contribution is 2.29. The van der Waals surface area contributed by atoms with E-state index in [0.717, 1.165) is 47.0 Å². The van der Waals surface area contributed by atoms with Crippen molar-refractivity contribution in [1.29, 1.82) is 0 Å². The summed E-state index contributed by atoms with van der Waals surface area (Å²) in [7, 11) is 0. The van der Waals surface area contributed by atoms with Gasteiger partial charge in [-0.05, 0) is 48.2 Å². The molecule has 1 aliphatic rings. The molecule has 3 aromatic carbocycles. The van der Waals surface area contributed by atoms with Gasteiger partial charge in [0.25, 0.3) is 0 Å². The van der Waals surface area contributed by atoms with Crippen molar-refractivity contribution in [3.63, 3.8) is 0 Å². The number of nitrogens with one attached hydrogen (secondary N) is 1. The average molecular weight is 477 g/mol. The predicted octanol–water partition coefficient (Wildman–Crippen LogP) is 6.68. The van der Waals surface area contributed by atoms with Crippen molar-refractivity contribution in [3.8, 4) is 11.3 Å². The minimum atomic E-state index is -0.0209. The number of rotatable bonds is 7. The highest BCUT2D eigenvalue weighted by Gasteiger charge is 2.18. The Morgan fingerprint density at radius 3 is 2.03 bits per heavy atom. The minimum absolute atomic E-state index is 0.00650. The van der Waals surface area contributed by atoms with Gasteiger partial charge in [-0.3, -0.25) is 4.79 Å². The van der Waals surface area contributed by atoms with Gasteiger partial charge in [0.1, 0.15) is 0 Å². The topological polar surface area (TPSA) is 58.1 Å². The van der Waals surface area contributed by atoms with Crippen molar-refractivity contribution in [2.45, 2.75) is 38.0 Å². The fourth-order valence-corrected chi connectivity index (χ4v) is 4.90. The maximum atomic E-state index is 13.1. The lowest BCUT2D eigenvalue weighted by Crippen LogP contribution is -2.25. The quantitative estimate of drug-likeness (QED) is 0.323. The maximum absolute atomic E-state index is 13.1. The minimum Gasteiger partial charge on any atom is -0.355 e. The summed E-state index contributed by atoms with van der Waals surface area (Å²) in [5.74, 6) is 0.915. The summed E-state index contributed by atoms with van der Waals surface area (Å²) in [6, 6.07) is 32.3. The highest BCUT2D eigenvalue weighted by molar-refractivity contribution is 5.92. The molecule has 1 amide bonds. The van der Waals surface area contributed by atoms with Crippen LogP contribution in [-0.4, -0.2) is 29.2 Å². The molecule has 0 radical (unpaired) electrons. The zero-order chi connectivity index (χ0) is 24.6. The van der Waals surface area contributed by atoms with Gasteiger partial charge < -0.3 is 10.2 Å². The van der Waals surface area contributed by atoms with Crippen LogP contribution in [-0.2, 0) is 4.79 Å². The number of hydrogen-bond acceptors (Lipinski definition) is 4. The van der Waals surface area contributed by atoms with Crippen molar-refractivity contribution < 1.29 is 4.79 Å². The van der Waals surface area contributed by atoms with Crippen LogP contribution in [0.4, 0.5) is 11.5 Å². The lowest BCUT2D eigenvalue weighted by molar-refractivity contribution is -0.116. The van der Waals surface area contributed by atoms with Gasteiger partial charge in [0.2, 0.25) is 5.91 Å². The van der Waals surface area contributed by atoms with Crippen LogP contribution < -0.4 is 10.2 Å². The van der Waals surface area contributed by atoms with Crippen molar-refractivity contribution in [2.24, 2.45) is 0 Å². The van der Waals surface area contributed by atoms with Gasteiger partial charge in [-0.1, -0.05) is 85.6 Å². The third kappa shape index (κ3) is 5.98. The summed E-state index contributed by atoms with van der Waals surface area (Å²) in [6.45, 7) is 2.09. The molecule has 4 aromatic rings. The molecule has 36 heavy (non-hydrogen) atoms. The van der Waals surface area contributed by atoms with Crippen LogP contribution in [0.5, 0.6) is 0 Å². The number of aromatic nitrogens is 2. The van der Waals surface area contributed by atoms with Crippen molar-refractivity contribution in [2.75, 3.05) is 23.3 Å². The van der Waals surface area contributed by atoms with Gasteiger partial charge in [-0.2, -0.15) is 0 Å². The van der Waals surface area contributed by atoms with Crippen LogP contribution in [0.2, 0.25) is 0 Å². The molecule has 1 fully saturated rings. The van der Waals surface area contributed by atoms with Gasteiger partial charge >= 0.3 is 0 Å². The Hall–Kier alpha value is -3.99. The van der Waals surface area contributed by atoms with E-state index in [1.165, 1.54) is 25.7 Å². The molecule has 0 aliphatic carbocycles. The first-order valence-electron chi connectivity index (χ1n) is 12.8. The van der Waals surface area contributed by atoms with Gasteiger partial charge in [0, 0.05) is 36.7 Å². The third-order valence-corrected chi connectivity index (χ3v) is 6.82. The smallest absolute Gasteiger partial charge is 0.225 e. The number of carbonyl (C=O) groups is 1. The Kier molecular flexibility index (Phi) is 7.67. The van der Waals surface area contributed by atoms with Crippen molar-refractivity contribution in [1.82, 2.24) is 10.2 Å². The van der Waals surface area contributed by atoms with E-state index in [9.17, 15) is 4.79 Å². The molecule has 0 bridgehead atoms. The van der Waals surface area contributed by atoms with E-state index < -0.39 is 0 Å². The molecule has 1 aromatic heterocycles. The molecule has 0 spiro atoms. The molecule has 5 heteroatoms. The first-order chi connectivity index (χ1) is 17.8. The number of nitrogens with zero attached hydrogens (tertiary/aromatic N) is 3. The fraction of sp³-hybridized carbons (Fsp3) is 0.258. The number of benzene rings is 3. The molecule has 1 N–H and O–H groups in total. The van der Waals surface area contributed by atoms with Crippen LogP contribution in [0.3, 0.4) is 0 Å². The average Bonchev–Trinajstić information content (AvgIpc) is 3.23. The molecule has 182 valence electrons. The van der Waals surface area contributed by atoms with E-state index in [0.29, 0.717) is 6.42 Å². The standard InChI is InChI=1S/C31H32N4O/c36-31(23-28(24-12-5-3-6-13-24)25-14-7-4-8-15-25)32-27-17-11-16-26(22-27)29-18-19-30(34-33-29)35-20-9-1-2-10-21-35/h3-8,11-19,22,28H,1-2,9-10,20-21,23H2,(H,32,36). The molecule has 0 unspecified atom stereocenters. The van der Waals surface area contributed by atoms with E-state index >= 15 is 0 Å². The summed E-state index contributed by atoms with van der Waals surface area (Å²) < 4.78 is 0. The van der Waals surface area contributed by atoms with Crippen molar-refractivity contribution >= 4 is 17.4 Å². The summed E-state index contributed by atoms with van der Waals surface area (Å²) in [5.41, 5.74) is 4.76. The molecule has 5 rings (SSSR count). The molecular weight excluding hydrogens is 444 g/mol. The Morgan fingerprint density at radius 1 is 0.750 bits per heavy atom. The van der Waals surface area contributed by atoms with E-state index in [2.05, 4.69) is 50.7 Å². The second kappa shape index (κ2) is 11.6. The molecule has 1 aliphatic heterocycles. The Bertz CT molecular complexity index is 1210. The Balaban J connectivity index is 1.28. The molecule has 0 atom stereocenters. The fourth-order valence-electron chi connectivity index (χ4n) is 4.90. The monoisotopic (exact) mass is 476 g/mol. The molecule has 5 nitrogen and oxygen atoms in total. The van der Waals surface area contributed by atoms with Crippen molar-refractivity contribution in [3.05, 3.63) is 108 Å². The second-order valence-electron chi connectivity index (χ2n) is 9.39. The summed E-state index contributed by atoms with van der Waals surface area (Å²) in [6.07, 6.45) is 5.36. The van der Waals surface area contributed by atoms with E-state index in [1.807, 2.05) is 66.7 Å². The molecule has 2 heterocycles. The molecular formula is C31H32N4O. The van der Waals surface area contributed by atoms with Gasteiger partial charge in [0.15, 0.2) is 5.82 Å². The van der Waals surface area contributed by atoms with Crippen LogP contribution in [0.1, 0.15) is 49.1 Å². The second-order valence-corrected chi connectivity index (χ2v) is 9.39. The lowest BCUT2D eigenvalue weighted by atomic mass is 9.88. The van der Waals surface area contributed by atoms with E-state index in [-0.39, 0.29) is 11.8 Å². The first kappa shape index (κ1) is 23.7. The summed E-state index contributed by atoms with van der Waals surface area (Å²) >= 11 is 0. The van der Waals surface area contributed by atoms with Crippen LogP contribution in [0.15, 0.2) is 97.1 Å². The summed E-state index contributed by atoms with van der Waals surface area (Å²) in [4.78, 5) is 15.5. The number of carbonyl (C=O) groups excluding carboxylic acids is 1. The van der Waals surface area contributed by atoms with E-state index in [4.69, 9.17) is 0 Å². The number of anilines is 2. The Morgan fingerprint density at radius 2 is 1.42 bits per heavy atom. The van der Waals surface area contributed by atoms with Crippen LogP contribution in [0.25, 0.3) is 11.3 Å². The predicted molar refractivity (Wildman–Crippen MR) is 146 cm³/mol. The molecule has 0 saturated carbocycles. The van der Waals surface area contributed by atoms with E-state index in [1.54, 1.807) is 0 Å².